The van der Waals surface area contributed by atoms with Crippen LogP contribution in [0.5, 0.6) is 0 Å². The molecule has 1 aromatic rings. The van der Waals surface area contributed by atoms with Gasteiger partial charge >= 0.3 is 5.70 Å². The molecule has 0 saturated heterocycles. The minimum atomic E-state index is 0.0836. The largest absolute Gasteiger partial charge is 0.757 e. The van der Waals surface area contributed by atoms with Gasteiger partial charge in [0, 0.05) is 12.1 Å². The average Bonchev–Trinajstić information content (AvgIpc) is 2.20. The first kappa shape index (κ1) is 10.2. The van der Waals surface area contributed by atoms with Gasteiger partial charge in [-0.05, 0) is 11.5 Å². The molecule has 70 valence electrons. The lowest BCUT2D eigenvalue weighted by atomic mass is 10.1. The number of aromatic nitrogens is 1. The van der Waals surface area contributed by atoms with Crippen LogP contribution in [0.1, 0.15) is 25.3 Å². The number of nitrogens with zero attached hydrogens (tertiary/aromatic N) is 3. The van der Waals surface area contributed by atoms with Crippen molar-refractivity contribution in [1.29, 1.82) is 5.26 Å². The van der Waals surface area contributed by atoms with Gasteiger partial charge < -0.3 is 5.41 Å². The fraction of sp³-hybridized carbons (Fsp3) is 0.273. The van der Waals surface area contributed by atoms with Crippen molar-refractivity contribution in [2.24, 2.45) is 0 Å². The van der Waals surface area contributed by atoms with Crippen molar-refractivity contribution in [1.82, 2.24) is 0 Å². The lowest BCUT2D eigenvalue weighted by Crippen LogP contribution is -2.30. The van der Waals surface area contributed by atoms with Gasteiger partial charge in [-0.15, -0.1) is 0 Å². The minimum Gasteiger partial charge on any atom is -0.757 e. The van der Waals surface area contributed by atoms with Crippen LogP contribution in [-0.4, -0.2) is 5.87 Å². The number of hydrogen-bond donors (Lipinski definition) is 0. The smallest absolute Gasteiger partial charge is 0.309 e. The normalized spacial score (nSPS) is 9.29. The topological polar surface area (TPSA) is 50.0 Å². The molecule has 1 heterocycles. The van der Waals surface area contributed by atoms with Gasteiger partial charge in [0.25, 0.3) is 0 Å². The molecule has 0 aromatic carbocycles. The number of hydrogen-bond acceptors (Lipinski definition) is 1. The zero-order chi connectivity index (χ0) is 10.6. The van der Waals surface area contributed by atoms with Crippen LogP contribution in [0.3, 0.4) is 0 Å². The van der Waals surface area contributed by atoms with E-state index in [9.17, 15) is 0 Å². The van der Waals surface area contributed by atoms with Crippen LogP contribution >= 0.6 is 0 Å². The van der Waals surface area contributed by atoms with Crippen molar-refractivity contribution in [2.45, 2.75) is 19.8 Å². The highest BCUT2D eigenvalue weighted by molar-refractivity contribution is 5.84. The molecular formula is C11H11N3. The Morgan fingerprint density at radius 3 is 2.36 bits per heavy atom. The van der Waals surface area contributed by atoms with Crippen LogP contribution in [-0.2, 0) is 0 Å². The molecule has 0 unspecified atom stereocenters. The van der Waals surface area contributed by atoms with E-state index in [0.717, 1.165) is 0 Å². The molecule has 0 aliphatic carbocycles. The van der Waals surface area contributed by atoms with E-state index in [1.54, 1.807) is 12.4 Å². The summed E-state index contributed by atoms with van der Waals surface area (Å²) in [4.78, 5) is 0. The molecule has 0 aliphatic heterocycles. The van der Waals surface area contributed by atoms with Gasteiger partial charge in [0.05, 0.1) is 0 Å². The summed E-state index contributed by atoms with van der Waals surface area (Å²) in [7, 11) is 0. The standard InChI is InChI=1S/C11H11N3/c1-9(2)10-3-5-14(6-4-10)11(7-12)8-13/h3-6,9H,1-2H3. The first-order chi connectivity index (χ1) is 6.69. The molecule has 0 fully saturated rings. The quantitative estimate of drug-likeness (QED) is 0.393. The average molecular weight is 185 g/mol. The zero-order valence-electron chi connectivity index (χ0n) is 8.23. The lowest BCUT2D eigenvalue weighted by Gasteiger charge is -2.01. The molecule has 0 radical (unpaired) electrons. The van der Waals surface area contributed by atoms with Gasteiger partial charge in [-0.3, -0.25) is 0 Å². The maximum absolute atomic E-state index is 8.63. The van der Waals surface area contributed by atoms with E-state index in [-0.39, 0.29) is 5.70 Å². The molecule has 14 heavy (non-hydrogen) atoms. The Morgan fingerprint density at radius 2 is 2.00 bits per heavy atom. The molecule has 0 amide bonds. The summed E-state index contributed by atoms with van der Waals surface area (Å²) in [5, 5.41) is 17.3. The maximum atomic E-state index is 8.63. The number of allylic oxidation sites excluding steroid dienone is 1. The second-order valence-electron chi connectivity index (χ2n) is 3.27. The Hall–Kier alpha value is -1.91. The van der Waals surface area contributed by atoms with Crippen molar-refractivity contribution in [3.8, 4) is 6.07 Å². The number of pyridine rings is 1. The highest BCUT2D eigenvalue weighted by Gasteiger charge is 2.07. The fourth-order valence-electron chi connectivity index (χ4n) is 1.11. The van der Waals surface area contributed by atoms with Gasteiger partial charge in [-0.1, -0.05) is 13.8 Å². The molecule has 0 aliphatic rings. The van der Waals surface area contributed by atoms with Crippen LogP contribution in [0.2, 0.25) is 0 Å². The summed E-state index contributed by atoms with van der Waals surface area (Å²) in [6.45, 7) is 4.19. The van der Waals surface area contributed by atoms with Crippen LogP contribution < -0.4 is 4.57 Å². The van der Waals surface area contributed by atoms with Crippen LogP contribution in [0, 0.1) is 11.3 Å². The van der Waals surface area contributed by atoms with Crippen molar-refractivity contribution < 1.29 is 4.57 Å². The lowest BCUT2D eigenvalue weighted by molar-refractivity contribution is -0.576. The number of rotatable bonds is 2. The third-order valence-electron chi connectivity index (χ3n) is 1.99. The fourth-order valence-corrected chi connectivity index (χ4v) is 1.11. The van der Waals surface area contributed by atoms with E-state index in [4.69, 9.17) is 10.7 Å². The third-order valence-corrected chi connectivity index (χ3v) is 1.99. The van der Waals surface area contributed by atoms with Gasteiger partial charge in [-0.25, -0.2) is 0 Å². The van der Waals surface area contributed by atoms with Crippen LogP contribution in [0.4, 0.5) is 0 Å². The van der Waals surface area contributed by atoms with Gasteiger partial charge in [0.2, 0.25) is 0 Å². The van der Waals surface area contributed by atoms with Crippen molar-refractivity contribution in [3.05, 3.63) is 35.5 Å². The molecule has 1 rings (SSSR count). The molecule has 0 N–H and O–H groups in total. The predicted octanol–water partition coefficient (Wildman–Crippen LogP) is 1.70. The summed E-state index contributed by atoms with van der Waals surface area (Å²) in [6.07, 6.45) is 3.47. The summed E-state index contributed by atoms with van der Waals surface area (Å²) in [5.74, 6) is 2.29. The molecule has 3 nitrogen and oxygen atoms in total. The van der Waals surface area contributed by atoms with Crippen LogP contribution in [0.25, 0.3) is 11.1 Å². The molecule has 0 bridgehead atoms. The Bertz CT molecular complexity index is 403. The van der Waals surface area contributed by atoms with Crippen molar-refractivity contribution in [2.75, 3.05) is 0 Å². The zero-order valence-corrected chi connectivity index (χ0v) is 8.23. The highest BCUT2D eigenvalue weighted by Crippen LogP contribution is 2.11. The van der Waals surface area contributed by atoms with Gasteiger partial charge in [-0.2, -0.15) is 15.7 Å². The Balaban J connectivity index is 3.07. The second-order valence-corrected chi connectivity index (χ2v) is 3.27. The van der Waals surface area contributed by atoms with Gasteiger partial charge in [0.15, 0.2) is 18.5 Å². The molecule has 0 saturated carbocycles. The van der Waals surface area contributed by atoms with E-state index in [1.165, 1.54) is 10.1 Å². The third kappa shape index (κ3) is 2.07. The minimum absolute atomic E-state index is 0.0836. The summed E-state index contributed by atoms with van der Waals surface area (Å²) in [6, 6.07) is 5.67. The first-order valence-corrected chi connectivity index (χ1v) is 4.37. The second kappa shape index (κ2) is 4.36. The molecule has 1 aromatic heterocycles. The summed E-state index contributed by atoms with van der Waals surface area (Å²) >= 11 is 0. The Kier molecular flexibility index (Phi) is 3.17. The number of nitriles is 1. The monoisotopic (exact) mass is 185 g/mol. The van der Waals surface area contributed by atoms with Crippen molar-refractivity contribution in [3.63, 3.8) is 0 Å². The summed E-state index contributed by atoms with van der Waals surface area (Å²) in [5.41, 5.74) is 1.27. The van der Waals surface area contributed by atoms with E-state index in [0.29, 0.717) is 5.92 Å². The van der Waals surface area contributed by atoms with Crippen molar-refractivity contribution >= 4 is 11.6 Å². The molecule has 0 spiro atoms. The molecular weight excluding hydrogens is 174 g/mol. The van der Waals surface area contributed by atoms with E-state index >= 15 is 0 Å². The first-order valence-electron chi connectivity index (χ1n) is 4.37. The highest BCUT2D eigenvalue weighted by atomic mass is 14.9. The predicted molar refractivity (Wildman–Crippen MR) is 54.4 cm³/mol. The van der Waals surface area contributed by atoms with Crippen LogP contribution in [0.15, 0.2) is 24.5 Å². The Labute approximate surface area is 83.4 Å². The summed E-state index contributed by atoms with van der Waals surface area (Å²) < 4.78 is 1.52. The Morgan fingerprint density at radius 1 is 1.43 bits per heavy atom. The van der Waals surface area contributed by atoms with E-state index in [1.807, 2.05) is 24.1 Å². The maximum Gasteiger partial charge on any atom is 0.309 e. The van der Waals surface area contributed by atoms with Gasteiger partial charge in [0.1, 0.15) is 0 Å². The van der Waals surface area contributed by atoms with E-state index in [2.05, 4.69) is 13.8 Å². The van der Waals surface area contributed by atoms with E-state index < -0.39 is 0 Å². The SMILES string of the molecule is CC(C)c1cc[n+](C(=C=[N-])C#N)cc1. The molecule has 0 atom stereocenters. The molecule has 3 heteroatoms.